The number of hydrogen-bond donors (Lipinski definition) is 1. The van der Waals surface area contributed by atoms with Crippen LogP contribution in [-0.2, 0) is 4.79 Å². The molecule has 1 aliphatic heterocycles. The van der Waals surface area contributed by atoms with Gasteiger partial charge in [0.15, 0.2) is 0 Å². The van der Waals surface area contributed by atoms with Crippen LogP contribution in [0, 0.1) is 18.6 Å². The molecular formula is C25H27F2N5O3. The second-order valence-electron chi connectivity index (χ2n) is 8.55. The molecule has 1 fully saturated rings. The van der Waals surface area contributed by atoms with Crippen molar-refractivity contribution in [1.82, 2.24) is 25.3 Å². The van der Waals surface area contributed by atoms with Crippen molar-refractivity contribution >= 4 is 11.8 Å². The number of nitrogens with zero attached hydrogens (tertiary/aromatic N) is 4. The number of amides is 2. The minimum Gasteiger partial charge on any atom is -0.351 e. The van der Waals surface area contributed by atoms with E-state index < -0.39 is 17.5 Å². The van der Waals surface area contributed by atoms with Crippen LogP contribution in [0.3, 0.4) is 0 Å². The first kappa shape index (κ1) is 24.5. The first-order chi connectivity index (χ1) is 16.8. The van der Waals surface area contributed by atoms with E-state index >= 15 is 0 Å². The summed E-state index contributed by atoms with van der Waals surface area (Å²) < 4.78 is 32.2. The fourth-order valence-corrected chi connectivity index (χ4v) is 3.95. The smallest absolute Gasteiger partial charge is 0.254 e. The number of aromatic nitrogens is 2. The van der Waals surface area contributed by atoms with Gasteiger partial charge in [0.05, 0.1) is 11.6 Å². The van der Waals surface area contributed by atoms with Gasteiger partial charge in [0.25, 0.3) is 5.91 Å². The standard InChI is InChI=1S/C25H27F2N5O3/c1-16-3-5-18(6-4-16)23-29-25(35-30-23)17(2)31-11-13-32(14-12-31)22(33)9-10-28-24(34)20-8-7-19(26)15-21(20)27/h3-8,15,17H,9-14H2,1-2H3,(H,28,34). The molecule has 2 aromatic carbocycles. The van der Waals surface area contributed by atoms with Gasteiger partial charge in [0.1, 0.15) is 11.6 Å². The molecule has 2 heterocycles. The van der Waals surface area contributed by atoms with E-state index in [-0.39, 0.29) is 30.5 Å². The van der Waals surface area contributed by atoms with E-state index in [1.165, 1.54) is 0 Å². The normalized spacial score (nSPS) is 15.1. The van der Waals surface area contributed by atoms with Crippen molar-refractivity contribution < 1.29 is 22.9 Å². The van der Waals surface area contributed by atoms with Gasteiger partial charge >= 0.3 is 0 Å². The molecule has 0 saturated carbocycles. The molecule has 1 atom stereocenters. The molecule has 2 amide bonds. The van der Waals surface area contributed by atoms with Crippen molar-refractivity contribution in [1.29, 1.82) is 0 Å². The zero-order valence-electron chi connectivity index (χ0n) is 19.6. The molecule has 1 saturated heterocycles. The third-order valence-electron chi connectivity index (χ3n) is 6.12. The van der Waals surface area contributed by atoms with Crippen molar-refractivity contribution in [3.8, 4) is 11.4 Å². The van der Waals surface area contributed by atoms with Gasteiger partial charge < -0.3 is 14.7 Å². The van der Waals surface area contributed by atoms with Gasteiger partial charge in [-0.15, -0.1) is 0 Å². The molecule has 8 nitrogen and oxygen atoms in total. The molecule has 184 valence electrons. The highest BCUT2D eigenvalue weighted by molar-refractivity contribution is 5.94. The number of nitrogens with one attached hydrogen (secondary N) is 1. The quantitative estimate of drug-likeness (QED) is 0.554. The van der Waals surface area contributed by atoms with Crippen LogP contribution in [0.25, 0.3) is 11.4 Å². The van der Waals surface area contributed by atoms with E-state index in [2.05, 4.69) is 20.4 Å². The molecule has 1 unspecified atom stereocenters. The summed E-state index contributed by atoms with van der Waals surface area (Å²) in [6.45, 7) is 6.42. The van der Waals surface area contributed by atoms with Crippen LogP contribution in [0.5, 0.6) is 0 Å². The number of piperazine rings is 1. The van der Waals surface area contributed by atoms with E-state index in [0.717, 1.165) is 23.3 Å². The highest BCUT2D eigenvalue weighted by Crippen LogP contribution is 2.24. The van der Waals surface area contributed by atoms with Crippen molar-refractivity contribution in [3.63, 3.8) is 0 Å². The molecular weight excluding hydrogens is 456 g/mol. The van der Waals surface area contributed by atoms with Gasteiger partial charge in [-0.3, -0.25) is 14.5 Å². The van der Waals surface area contributed by atoms with Crippen LogP contribution in [0.2, 0.25) is 0 Å². The predicted octanol–water partition coefficient (Wildman–Crippen LogP) is 3.35. The van der Waals surface area contributed by atoms with Crippen molar-refractivity contribution in [2.75, 3.05) is 32.7 Å². The number of halogens is 2. The summed E-state index contributed by atoms with van der Waals surface area (Å²) >= 11 is 0. The third-order valence-corrected chi connectivity index (χ3v) is 6.12. The van der Waals surface area contributed by atoms with Crippen LogP contribution in [-0.4, -0.2) is 64.5 Å². The van der Waals surface area contributed by atoms with E-state index in [4.69, 9.17) is 4.52 Å². The zero-order chi connectivity index (χ0) is 24.9. The maximum atomic E-state index is 13.7. The largest absolute Gasteiger partial charge is 0.351 e. The van der Waals surface area contributed by atoms with Gasteiger partial charge in [-0.1, -0.05) is 35.0 Å². The maximum Gasteiger partial charge on any atom is 0.254 e. The van der Waals surface area contributed by atoms with E-state index in [1.54, 1.807) is 4.90 Å². The first-order valence-corrected chi connectivity index (χ1v) is 11.5. The Labute approximate surface area is 201 Å². The van der Waals surface area contributed by atoms with Crippen LogP contribution in [0.15, 0.2) is 47.0 Å². The third kappa shape index (κ3) is 5.89. The second kappa shape index (κ2) is 10.7. The Morgan fingerprint density at radius 3 is 2.49 bits per heavy atom. The molecule has 0 radical (unpaired) electrons. The summed E-state index contributed by atoms with van der Waals surface area (Å²) in [6.07, 6.45) is 0.0909. The summed E-state index contributed by atoms with van der Waals surface area (Å²) in [6, 6.07) is 10.6. The average Bonchev–Trinajstić information content (AvgIpc) is 3.34. The van der Waals surface area contributed by atoms with Gasteiger partial charge in [0, 0.05) is 50.8 Å². The summed E-state index contributed by atoms with van der Waals surface area (Å²) in [5, 5.41) is 6.61. The Kier molecular flexibility index (Phi) is 7.50. The summed E-state index contributed by atoms with van der Waals surface area (Å²) in [5.74, 6) is -1.41. The molecule has 1 N–H and O–H groups in total. The molecule has 0 aliphatic carbocycles. The molecule has 3 aromatic rings. The molecule has 1 aliphatic rings. The molecule has 0 spiro atoms. The van der Waals surface area contributed by atoms with E-state index in [1.807, 2.05) is 38.1 Å². The number of benzene rings is 2. The number of aryl methyl sites for hydroxylation is 1. The number of rotatable bonds is 7. The van der Waals surface area contributed by atoms with Crippen LogP contribution in [0.1, 0.15) is 41.2 Å². The minimum atomic E-state index is -0.939. The number of hydrogen-bond acceptors (Lipinski definition) is 6. The first-order valence-electron chi connectivity index (χ1n) is 11.5. The Morgan fingerprint density at radius 1 is 1.09 bits per heavy atom. The van der Waals surface area contributed by atoms with Crippen molar-refractivity contribution in [2.24, 2.45) is 0 Å². The Bertz CT molecular complexity index is 1190. The fraction of sp³-hybridized carbons (Fsp3) is 0.360. The van der Waals surface area contributed by atoms with Crippen LogP contribution >= 0.6 is 0 Å². The summed E-state index contributed by atoms with van der Waals surface area (Å²) in [7, 11) is 0. The average molecular weight is 484 g/mol. The lowest BCUT2D eigenvalue weighted by Crippen LogP contribution is -2.49. The van der Waals surface area contributed by atoms with Crippen LogP contribution < -0.4 is 5.32 Å². The second-order valence-corrected chi connectivity index (χ2v) is 8.55. The lowest BCUT2D eigenvalue weighted by Gasteiger charge is -2.36. The predicted molar refractivity (Wildman–Crippen MR) is 124 cm³/mol. The highest BCUT2D eigenvalue weighted by Gasteiger charge is 2.27. The van der Waals surface area contributed by atoms with Crippen molar-refractivity contribution in [2.45, 2.75) is 26.3 Å². The molecule has 10 heteroatoms. The topological polar surface area (TPSA) is 91.6 Å². The Balaban J connectivity index is 1.23. The number of carbonyl (C=O) groups is 2. The summed E-state index contributed by atoms with van der Waals surface area (Å²) in [4.78, 5) is 33.1. The van der Waals surface area contributed by atoms with Crippen LogP contribution in [0.4, 0.5) is 8.78 Å². The minimum absolute atomic E-state index is 0.0644. The SMILES string of the molecule is Cc1ccc(-c2noc(C(C)N3CCN(C(=O)CCNC(=O)c4ccc(F)cc4F)CC3)n2)cc1. The van der Waals surface area contributed by atoms with Gasteiger partial charge in [-0.25, -0.2) is 8.78 Å². The van der Waals surface area contributed by atoms with Gasteiger partial charge in [-0.05, 0) is 26.0 Å². The molecule has 1 aromatic heterocycles. The zero-order valence-corrected chi connectivity index (χ0v) is 19.6. The van der Waals surface area contributed by atoms with Crippen molar-refractivity contribution in [3.05, 3.63) is 71.1 Å². The van der Waals surface area contributed by atoms with E-state index in [9.17, 15) is 18.4 Å². The maximum absolute atomic E-state index is 13.7. The molecule has 4 rings (SSSR count). The lowest BCUT2D eigenvalue weighted by molar-refractivity contribution is -0.133. The monoisotopic (exact) mass is 483 g/mol. The summed E-state index contributed by atoms with van der Waals surface area (Å²) in [5.41, 5.74) is 1.79. The molecule has 35 heavy (non-hydrogen) atoms. The Hall–Kier alpha value is -3.66. The van der Waals surface area contributed by atoms with Gasteiger partial charge in [0.2, 0.25) is 17.6 Å². The fourth-order valence-electron chi connectivity index (χ4n) is 3.95. The lowest BCUT2D eigenvalue weighted by atomic mass is 10.1. The Morgan fingerprint density at radius 2 is 1.80 bits per heavy atom. The van der Waals surface area contributed by atoms with Gasteiger partial charge in [-0.2, -0.15) is 4.98 Å². The molecule has 0 bridgehead atoms. The van der Waals surface area contributed by atoms with E-state index in [0.29, 0.717) is 44.0 Å². The number of carbonyl (C=O) groups excluding carboxylic acids is 2. The highest BCUT2D eigenvalue weighted by atomic mass is 19.1.